The third-order valence-corrected chi connectivity index (χ3v) is 2.91. The molecule has 4 N–H and O–H groups in total. The monoisotopic (exact) mass is 156 g/mol. The molecule has 1 aliphatic rings. The van der Waals surface area contributed by atoms with E-state index in [1.807, 2.05) is 0 Å². The summed E-state index contributed by atoms with van der Waals surface area (Å²) in [6, 6.07) is 0. The highest BCUT2D eigenvalue weighted by atomic mass is 14.6. The summed E-state index contributed by atoms with van der Waals surface area (Å²) >= 11 is 0. The molecule has 0 heterocycles. The second kappa shape index (κ2) is 4.73. The number of rotatable bonds is 5. The number of nitrogens with two attached hydrogens (primary N) is 2. The van der Waals surface area contributed by atoms with E-state index in [9.17, 15) is 0 Å². The third-order valence-electron chi connectivity index (χ3n) is 2.91. The fraction of sp³-hybridized carbons (Fsp3) is 1.00. The quantitative estimate of drug-likeness (QED) is 0.586. The Kier molecular flexibility index (Phi) is 3.87. The molecular formula is C9H20N2. The summed E-state index contributed by atoms with van der Waals surface area (Å²) in [7, 11) is 0. The van der Waals surface area contributed by atoms with E-state index in [2.05, 4.69) is 0 Å². The molecular weight excluding hydrogens is 136 g/mol. The highest BCUT2D eigenvalue weighted by molar-refractivity contribution is 4.80. The maximum atomic E-state index is 5.60. The average molecular weight is 156 g/mol. The van der Waals surface area contributed by atoms with Crippen molar-refractivity contribution in [1.82, 2.24) is 0 Å². The van der Waals surface area contributed by atoms with Gasteiger partial charge in [-0.25, -0.2) is 0 Å². The minimum Gasteiger partial charge on any atom is -0.330 e. The summed E-state index contributed by atoms with van der Waals surface area (Å²) in [5.41, 5.74) is 11.0. The molecule has 1 aliphatic carbocycles. The van der Waals surface area contributed by atoms with Gasteiger partial charge in [0.1, 0.15) is 0 Å². The molecule has 11 heavy (non-hydrogen) atoms. The normalized spacial score (nSPS) is 30.0. The van der Waals surface area contributed by atoms with E-state index in [0.717, 1.165) is 24.9 Å². The second-order valence-electron chi connectivity index (χ2n) is 3.62. The Morgan fingerprint density at radius 3 is 2.18 bits per heavy atom. The van der Waals surface area contributed by atoms with Crippen LogP contribution in [0.2, 0.25) is 0 Å². The largest absolute Gasteiger partial charge is 0.330 e. The Labute approximate surface area is 69.3 Å². The molecule has 2 nitrogen and oxygen atoms in total. The van der Waals surface area contributed by atoms with Crippen LogP contribution in [0, 0.1) is 11.8 Å². The molecule has 0 amide bonds. The molecule has 2 heteroatoms. The SMILES string of the molecule is NCCCCC1CCC1CN. The van der Waals surface area contributed by atoms with Crippen molar-refractivity contribution in [3.8, 4) is 0 Å². The van der Waals surface area contributed by atoms with Crippen LogP contribution in [0.15, 0.2) is 0 Å². The van der Waals surface area contributed by atoms with Crippen molar-refractivity contribution in [2.24, 2.45) is 23.3 Å². The van der Waals surface area contributed by atoms with Crippen molar-refractivity contribution in [1.29, 1.82) is 0 Å². The molecule has 1 rings (SSSR count). The maximum absolute atomic E-state index is 5.60. The van der Waals surface area contributed by atoms with Gasteiger partial charge in [0, 0.05) is 0 Å². The predicted octanol–water partition coefficient (Wildman–Crippen LogP) is 1.10. The zero-order valence-corrected chi connectivity index (χ0v) is 7.26. The summed E-state index contributed by atoms with van der Waals surface area (Å²) in [6.07, 6.45) is 6.63. The lowest BCUT2D eigenvalue weighted by Gasteiger charge is -2.35. The van der Waals surface area contributed by atoms with Gasteiger partial charge in [-0.05, 0) is 44.2 Å². The summed E-state index contributed by atoms with van der Waals surface area (Å²) in [6.45, 7) is 1.74. The van der Waals surface area contributed by atoms with Crippen LogP contribution in [-0.2, 0) is 0 Å². The molecule has 0 spiro atoms. The summed E-state index contributed by atoms with van der Waals surface area (Å²) in [4.78, 5) is 0. The van der Waals surface area contributed by atoms with Gasteiger partial charge in [-0.3, -0.25) is 0 Å². The fourth-order valence-corrected chi connectivity index (χ4v) is 1.88. The smallest absolute Gasteiger partial charge is 0.00462 e. The van der Waals surface area contributed by atoms with Gasteiger partial charge in [0.2, 0.25) is 0 Å². The standard InChI is InChI=1S/C9H20N2/c10-6-2-1-3-8-4-5-9(8)7-11/h8-9H,1-7,10-11H2. The zero-order valence-electron chi connectivity index (χ0n) is 7.26. The van der Waals surface area contributed by atoms with Gasteiger partial charge in [-0.1, -0.05) is 12.8 Å². The first-order valence-electron chi connectivity index (χ1n) is 4.78. The van der Waals surface area contributed by atoms with Gasteiger partial charge in [0.25, 0.3) is 0 Å². The molecule has 0 bridgehead atoms. The Hall–Kier alpha value is -0.0800. The van der Waals surface area contributed by atoms with Crippen molar-refractivity contribution in [2.75, 3.05) is 13.1 Å². The van der Waals surface area contributed by atoms with Crippen LogP contribution < -0.4 is 11.5 Å². The molecule has 0 radical (unpaired) electrons. The van der Waals surface area contributed by atoms with E-state index in [0.29, 0.717) is 0 Å². The topological polar surface area (TPSA) is 52.0 Å². The molecule has 1 saturated carbocycles. The molecule has 0 aromatic heterocycles. The van der Waals surface area contributed by atoms with Crippen molar-refractivity contribution in [3.63, 3.8) is 0 Å². The first kappa shape index (κ1) is 9.01. The van der Waals surface area contributed by atoms with E-state index >= 15 is 0 Å². The summed E-state index contributed by atoms with van der Waals surface area (Å²) in [5, 5.41) is 0. The van der Waals surface area contributed by atoms with E-state index in [1.165, 1.54) is 32.1 Å². The number of hydrogen-bond donors (Lipinski definition) is 2. The second-order valence-corrected chi connectivity index (χ2v) is 3.62. The van der Waals surface area contributed by atoms with E-state index in [-0.39, 0.29) is 0 Å². The van der Waals surface area contributed by atoms with Crippen molar-refractivity contribution in [3.05, 3.63) is 0 Å². The molecule has 0 aromatic carbocycles. The first-order valence-corrected chi connectivity index (χ1v) is 4.78. The van der Waals surface area contributed by atoms with E-state index < -0.39 is 0 Å². The van der Waals surface area contributed by atoms with Crippen LogP contribution in [0.1, 0.15) is 32.1 Å². The predicted molar refractivity (Wildman–Crippen MR) is 48.2 cm³/mol. The van der Waals surface area contributed by atoms with Crippen LogP contribution in [0.4, 0.5) is 0 Å². The Bertz CT molecular complexity index is 102. The first-order chi connectivity index (χ1) is 5.38. The Morgan fingerprint density at radius 1 is 1.00 bits per heavy atom. The fourth-order valence-electron chi connectivity index (χ4n) is 1.88. The lowest BCUT2D eigenvalue weighted by Crippen LogP contribution is -2.32. The van der Waals surface area contributed by atoms with Crippen LogP contribution in [0.3, 0.4) is 0 Å². The molecule has 2 unspecified atom stereocenters. The van der Waals surface area contributed by atoms with Crippen LogP contribution in [0.5, 0.6) is 0 Å². The van der Waals surface area contributed by atoms with E-state index in [4.69, 9.17) is 11.5 Å². The van der Waals surface area contributed by atoms with Gasteiger partial charge in [-0.2, -0.15) is 0 Å². The highest BCUT2D eigenvalue weighted by Gasteiger charge is 2.28. The van der Waals surface area contributed by atoms with Crippen molar-refractivity contribution in [2.45, 2.75) is 32.1 Å². The third kappa shape index (κ3) is 2.46. The molecule has 0 saturated heterocycles. The zero-order chi connectivity index (χ0) is 8.10. The molecule has 2 atom stereocenters. The Balaban J connectivity index is 1.98. The lowest BCUT2D eigenvalue weighted by molar-refractivity contribution is 0.168. The Morgan fingerprint density at radius 2 is 1.73 bits per heavy atom. The molecule has 0 aliphatic heterocycles. The minimum atomic E-state index is 0.841. The lowest BCUT2D eigenvalue weighted by atomic mass is 9.71. The van der Waals surface area contributed by atoms with Crippen LogP contribution >= 0.6 is 0 Å². The summed E-state index contributed by atoms with van der Waals surface area (Å²) in [5.74, 6) is 1.78. The number of hydrogen-bond acceptors (Lipinski definition) is 2. The average Bonchev–Trinajstić information content (AvgIpc) is 1.97. The van der Waals surface area contributed by atoms with Crippen LogP contribution in [0.25, 0.3) is 0 Å². The van der Waals surface area contributed by atoms with Gasteiger partial charge < -0.3 is 11.5 Å². The highest BCUT2D eigenvalue weighted by Crippen LogP contribution is 2.36. The molecule has 1 fully saturated rings. The summed E-state index contributed by atoms with van der Waals surface area (Å²) < 4.78 is 0. The van der Waals surface area contributed by atoms with Gasteiger partial charge in [-0.15, -0.1) is 0 Å². The van der Waals surface area contributed by atoms with Gasteiger partial charge in [0.15, 0.2) is 0 Å². The van der Waals surface area contributed by atoms with Crippen molar-refractivity contribution >= 4 is 0 Å². The van der Waals surface area contributed by atoms with E-state index in [1.54, 1.807) is 0 Å². The minimum absolute atomic E-state index is 0.841. The van der Waals surface area contributed by atoms with Gasteiger partial charge >= 0.3 is 0 Å². The van der Waals surface area contributed by atoms with Crippen LogP contribution in [-0.4, -0.2) is 13.1 Å². The van der Waals surface area contributed by atoms with Gasteiger partial charge in [0.05, 0.1) is 0 Å². The molecule has 66 valence electrons. The molecule has 0 aromatic rings. The number of unbranched alkanes of at least 4 members (excludes halogenated alkanes) is 1. The maximum Gasteiger partial charge on any atom is -0.00462 e. The van der Waals surface area contributed by atoms with Crippen molar-refractivity contribution < 1.29 is 0 Å².